The fourth-order valence-corrected chi connectivity index (χ4v) is 5.16. The van der Waals surface area contributed by atoms with E-state index < -0.39 is 12.0 Å². The first-order chi connectivity index (χ1) is 19.0. The van der Waals surface area contributed by atoms with Gasteiger partial charge in [0.25, 0.3) is 0 Å². The number of hydrogen-bond donors (Lipinski definition) is 1. The first-order valence-electron chi connectivity index (χ1n) is 12.7. The third kappa shape index (κ3) is 6.07. The number of carbonyl (C=O) groups is 1. The Kier molecular flexibility index (Phi) is 8.13. The van der Waals surface area contributed by atoms with E-state index in [1.807, 2.05) is 61.5 Å². The summed E-state index contributed by atoms with van der Waals surface area (Å²) in [6.07, 6.45) is 1.55. The van der Waals surface area contributed by atoms with E-state index in [4.69, 9.17) is 19.6 Å². The molecule has 5 rings (SSSR count). The number of benzene rings is 3. The number of esters is 1. The summed E-state index contributed by atoms with van der Waals surface area (Å²) in [6.45, 7) is 8.19. The van der Waals surface area contributed by atoms with Crippen molar-refractivity contribution in [2.45, 2.75) is 37.4 Å². The van der Waals surface area contributed by atoms with Gasteiger partial charge in [-0.05, 0) is 48.2 Å². The fraction of sp³-hybridized carbons (Fsp3) is 0.194. The molecular weight excluding hydrogens is 508 g/mol. The molecule has 0 radical (unpaired) electrons. The lowest BCUT2D eigenvalue weighted by Gasteiger charge is -2.28. The monoisotopic (exact) mass is 538 g/mol. The van der Waals surface area contributed by atoms with Crippen molar-refractivity contribution in [3.63, 3.8) is 0 Å². The maximum atomic E-state index is 13.2. The molecule has 1 aliphatic rings. The van der Waals surface area contributed by atoms with Gasteiger partial charge < -0.3 is 14.8 Å². The van der Waals surface area contributed by atoms with Crippen LogP contribution in [0.4, 0.5) is 5.95 Å². The van der Waals surface area contributed by atoms with Gasteiger partial charge in [0.15, 0.2) is 0 Å². The smallest absolute Gasteiger partial charge is 0.338 e. The Morgan fingerprint density at radius 1 is 1.05 bits per heavy atom. The third-order valence-electron chi connectivity index (χ3n) is 6.45. The molecule has 0 saturated carbocycles. The van der Waals surface area contributed by atoms with Gasteiger partial charge in [0.1, 0.15) is 25.0 Å². The molecule has 198 valence electrons. The van der Waals surface area contributed by atoms with Crippen molar-refractivity contribution < 1.29 is 14.3 Å². The van der Waals surface area contributed by atoms with Crippen molar-refractivity contribution in [2.75, 3.05) is 11.9 Å². The van der Waals surface area contributed by atoms with Gasteiger partial charge in [0, 0.05) is 11.4 Å². The molecule has 1 N–H and O–H groups in total. The van der Waals surface area contributed by atoms with Gasteiger partial charge in [-0.25, -0.2) is 9.48 Å². The maximum Gasteiger partial charge on any atom is 0.338 e. The number of fused-ring (bicyclic) bond motifs is 1. The number of thioether (sulfide) groups is 1. The number of hydrogen-bond acceptors (Lipinski definition) is 7. The Hall–Kier alpha value is -4.30. The van der Waals surface area contributed by atoms with Crippen LogP contribution in [0.15, 0.2) is 108 Å². The molecule has 1 unspecified atom stereocenters. The van der Waals surface area contributed by atoms with E-state index in [-0.39, 0.29) is 6.61 Å². The number of carbonyl (C=O) groups excluding carboxylic acids is 1. The molecule has 4 aromatic rings. The normalized spacial score (nSPS) is 14.4. The van der Waals surface area contributed by atoms with Crippen LogP contribution in [0.2, 0.25) is 0 Å². The SMILES string of the molecule is C=CCOC(=O)C1=C(C)Nc2nc(SCc3ccccc3)nn2C1c1ccc(OCc2ccccc2C)cc1. The van der Waals surface area contributed by atoms with Crippen LogP contribution in [-0.4, -0.2) is 27.3 Å². The molecule has 1 atom stereocenters. The van der Waals surface area contributed by atoms with Crippen LogP contribution in [0.5, 0.6) is 5.75 Å². The molecule has 1 aliphatic heterocycles. The summed E-state index contributed by atoms with van der Waals surface area (Å²) in [5.41, 5.74) is 5.53. The number of nitrogens with zero attached hydrogens (tertiary/aromatic N) is 3. The summed E-state index contributed by atoms with van der Waals surface area (Å²) in [7, 11) is 0. The van der Waals surface area contributed by atoms with E-state index in [2.05, 4.69) is 43.1 Å². The lowest BCUT2D eigenvalue weighted by atomic mass is 9.96. The highest BCUT2D eigenvalue weighted by Crippen LogP contribution is 2.37. The first kappa shape index (κ1) is 26.3. The van der Waals surface area contributed by atoms with Crippen LogP contribution < -0.4 is 10.1 Å². The van der Waals surface area contributed by atoms with Gasteiger partial charge in [0.05, 0.1) is 5.57 Å². The summed E-state index contributed by atoms with van der Waals surface area (Å²) in [6, 6.07) is 25.6. The number of allylic oxidation sites excluding steroid dienone is 1. The van der Waals surface area contributed by atoms with Crippen molar-refractivity contribution in [3.8, 4) is 5.75 Å². The predicted molar refractivity (Wildman–Crippen MR) is 154 cm³/mol. The van der Waals surface area contributed by atoms with Crippen molar-refractivity contribution >= 4 is 23.7 Å². The predicted octanol–water partition coefficient (Wildman–Crippen LogP) is 6.48. The summed E-state index contributed by atoms with van der Waals surface area (Å²) in [4.78, 5) is 17.9. The number of aryl methyl sites for hydroxylation is 1. The highest BCUT2D eigenvalue weighted by molar-refractivity contribution is 7.98. The van der Waals surface area contributed by atoms with Gasteiger partial charge in [0.2, 0.25) is 11.1 Å². The number of rotatable bonds is 10. The van der Waals surface area contributed by atoms with E-state index in [9.17, 15) is 4.79 Å². The Bertz CT molecular complexity index is 1500. The second-order valence-corrected chi connectivity index (χ2v) is 10.1. The minimum Gasteiger partial charge on any atom is -0.489 e. The molecular formula is C31H30N4O3S. The Morgan fingerprint density at radius 3 is 2.54 bits per heavy atom. The molecule has 7 nitrogen and oxygen atoms in total. The highest BCUT2D eigenvalue weighted by Gasteiger charge is 2.35. The van der Waals surface area contributed by atoms with Crippen molar-refractivity contribution in [2.24, 2.45) is 0 Å². The summed E-state index contributed by atoms with van der Waals surface area (Å²) >= 11 is 1.55. The minimum atomic E-state index is -0.512. The second kappa shape index (κ2) is 12.0. The number of ether oxygens (including phenoxy) is 2. The molecule has 3 aromatic carbocycles. The molecule has 1 aromatic heterocycles. The average Bonchev–Trinajstić information content (AvgIpc) is 3.37. The average molecular weight is 539 g/mol. The van der Waals surface area contributed by atoms with Gasteiger partial charge in [-0.15, -0.1) is 5.10 Å². The van der Waals surface area contributed by atoms with Crippen LogP contribution >= 0.6 is 11.8 Å². The van der Waals surface area contributed by atoms with Crippen molar-refractivity contribution in [1.82, 2.24) is 14.8 Å². The largest absolute Gasteiger partial charge is 0.489 e. The van der Waals surface area contributed by atoms with Crippen LogP contribution in [0.25, 0.3) is 0 Å². The standard InChI is InChI=1S/C31H30N4O3S/c1-4-18-37-29(36)27-22(3)32-30-33-31(39-20-23-11-6-5-7-12-23)34-35(30)28(27)24-14-16-26(17-15-24)38-19-25-13-9-8-10-21(25)2/h4-17,28H,1,18-20H2,2-3H3,(H,32,33,34). The lowest BCUT2D eigenvalue weighted by Crippen LogP contribution is -2.29. The fourth-order valence-electron chi connectivity index (χ4n) is 4.38. The van der Waals surface area contributed by atoms with Crippen molar-refractivity contribution in [3.05, 3.63) is 125 Å². The topological polar surface area (TPSA) is 78.3 Å². The minimum absolute atomic E-state index is 0.121. The quantitative estimate of drug-likeness (QED) is 0.141. The van der Waals surface area contributed by atoms with Gasteiger partial charge in [-0.1, -0.05) is 91.1 Å². The summed E-state index contributed by atoms with van der Waals surface area (Å²) in [5, 5.41) is 8.66. The highest BCUT2D eigenvalue weighted by atomic mass is 32.2. The Morgan fingerprint density at radius 2 is 1.79 bits per heavy atom. The molecule has 0 saturated heterocycles. The molecule has 2 heterocycles. The molecule has 0 spiro atoms. The number of aromatic nitrogens is 3. The lowest BCUT2D eigenvalue weighted by molar-refractivity contribution is -0.138. The maximum absolute atomic E-state index is 13.2. The zero-order valence-electron chi connectivity index (χ0n) is 22.0. The van der Waals surface area contributed by atoms with Gasteiger partial charge in [-0.2, -0.15) is 4.98 Å². The second-order valence-electron chi connectivity index (χ2n) is 9.17. The number of nitrogens with one attached hydrogen (secondary N) is 1. The third-order valence-corrected chi connectivity index (χ3v) is 7.36. The molecule has 0 amide bonds. The Labute approximate surface area is 232 Å². The zero-order chi connectivity index (χ0) is 27.2. The summed E-state index contributed by atoms with van der Waals surface area (Å²) < 4.78 is 13.3. The number of anilines is 1. The first-order valence-corrected chi connectivity index (χ1v) is 13.7. The van der Waals surface area contributed by atoms with E-state index in [1.165, 1.54) is 11.1 Å². The van der Waals surface area contributed by atoms with Crippen LogP contribution in [0.1, 0.15) is 35.2 Å². The molecule has 0 fully saturated rings. The molecule has 39 heavy (non-hydrogen) atoms. The molecule has 8 heteroatoms. The van der Waals surface area contributed by atoms with Crippen molar-refractivity contribution in [1.29, 1.82) is 0 Å². The van der Waals surface area contributed by atoms with E-state index >= 15 is 0 Å². The molecule has 0 aliphatic carbocycles. The Balaban J connectivity index is 1.42. The van der Waals surface area contributed by atoms with Gasteiger partial charge >= 0.3 is 5.97 Å². The van der Waals surface area contributed by atoms with Crippen LogP contribution in [0.3, 0.4) is 0 Å². The van der Waals surface area contributed by atoms with E-state index in [1.54, 1.807) is 22.5 Å². The summed E-state index contributed by atoms with van der Waals surface area (Å²) in [5.74, 6) is 1.63. The van der Waals surface area contributed by atoms with E-state index in [0.29, 0.717) is 29.0 Å². The van der Waals surface area contributed by atoms with Crippen LogP contribution in [-0.2, 0) is 21.9 Å². The zero-order valence-corrected chi connectivity index (χ0v) is 22.8. The van der Waals surface area contributed by atoms with Crippen LogP contribution in [0, 0.1) is 6.92 Å². The molecule has 0 bridgehead atoms. The van der Waals surface area contributed by atoms with E-state index in [0.717, 1.165) is 22.6 Å². The van der Waals surface area contributed by atoms with Gasteiger partial charge in [-0.3, -0.25) is 0 Å².